The Kier molecular flexibility index (Phi) is 6.47. The van der Waals surface area contributed by atoms with Gasteiger partial charge in [-0.15, -0.1) is 11.3 Å². The molecule has 0 atom stereocenters. The van der Waals surface area contributed by atoms with Gasteiger partial charge in [0.1, 0.15) is 18.9 Å². The maximum Gasteiger partial charge on any atom is 0.294 e. The number of thiazole rings is 1. The Labute approximate surface area is 213 Å². The van der Waals surface area contributed by atoms with Crippen molar-refractivity contribution in [2.24, 2.45) is 10.1 Å². The van der Waals surface area contributed by atoms with E-state index in [9.17, 15) is 10.1 Å². The third-order valence-electron chi connectivity index (χ3n) is 5.34. The second-order valence-corrected chi connectivity index (χ2v) is 9.29. The molecule has 0 spiro atoms. The molecule has 8 nitrogen and oxygen atoms in total. The summed E-state index contributed by atoms with van der Waals surface area (Å²) in [5.74, 6) is 1.38. The molecule has 0 N–H and O–H groups in total. The first-order valence-corrected chi connectivity index (χ1v) is 12.4. The normalized spacial score (nSPS) is 13.7. The molecule has 0 saturated heterocycles. The molecule has 0 amide bonds. The van der Waals surface area contributed by atoms with Gasteiger partial charge in [-0.1, -0.05) is 46.3 Å². The summed E-state index contributed by atoms with van der Waals surface area (Å²) in [5.41, 5.74) is 3.50. The largest absolute Gasteiger partial charge is 0.486 e. The summed E-state index contributed by atoms with van der Waals surface area (Å²) in [6.07, 6.45) is 0. The van der Waals surface area contributed by atoms with E-state index in [1.807, 2.05) is 54.8 Å². The van der Waals surface area contributed by atoms with Crippen molar-refractivity contribution in [1.82, 2.24) is 4.68 Å². The number of fused-ring (bicyclic) bond motifs is 1. The van der Waals surface area contributed by atoms with Crippen molar-refractivity contribution >= 4 is 44.4 Å². The monoisotopic (exact) mass is 550 g/mol. The van der Waals surface area contributed by atoms with Crippen molar-refractivity contribution in [2.45, 2.75) is 6.92 Å². The Hall–Kier alpha value is -3.76. The molecule has 0 unspecified atom stereocenters. The molecule has 35 heavy (non-hydrogen) atoms. The Morgan fingerprint density at radius 3 is 2.60 bits per heavy atom. The fourth-order valence-electron chi connectivity index (χ4n) is 3.62. The molecule has 5 rings (SSSR count). The van der Waals surface area contributed by atoms with Crippen LogP contribution >= 0.6 is 27.3 Å². The number of para-hydroxylation sites is 2. The zero-order valence-corrected chi connectivity index (χ0v) is 21.0. The molecule has 10 heteroatoms. The molecule has 1 aliphatic rings. The molecule has 2 heterocycles. The van der Waals surface area contributed by atoms with Crippen molar-refractivity contribution in [2.75, 3.05) is 13.2 Å². The van der Waals surface area contributed by atoms with Crippen LogP contribution in [0.15, 0.2) is 86.7 Å². The standard InChI is InChI=1S/C25H19BrN4O4S/c1-16(17-10-11-23-24(14-17)34-13-12-33-23)28-29-22(18-6-2-3-7-19(18)26)15-35-25(29)27-20-8-4-5-9-21(20)30(31)32/h2-11,14-15H,12-13H2,1H3. The van der Waals surface area contributed by atoms with Gasteiger partial charge in [-0.3, -0.25) is 10.1 Å². The van der Waals surface area contributed by atoms with E-state index in [-0.39, 0.29) is 11.4 Å². The number of ether oxygens (including phenoxy) is 2. The van der Waals surface area contributed by atoms with Crippen LogP contribution in [0.2, 0.25) is 0 Å². The number of nitro groups is 1. The lowest BCUT2D eigenvalue weighted by Gasteiger charge is -2.18. The molecule has 0 aliphatic carbocycles. The molecule has 176 valence electrons. The van der Waals surface area contributed by atoms with Crippen LogP contribution in [0.1, 0.15) is 12.5 Å². The summed E-state index contributed by atoms with van der Waals surface area (Å²) in [4.78, 5) is 16.2. The predicted octanol–water partition coefficient (Wildman–Crippen LogP) is 6.16. The van der Waals surface area contributed by atoms with Gasteiger partial charge >= 0.3 is 0 Å². The molecule has 0 saturated carbocycles. The first-order valence-electron chi connectivity index (χ1n) is 10.7. The Bertz CT molecular complexity index is 1530. The topological polar surface area (TPSA) is 91.2 Å². The third kappa shape index (κ3) is 4.75. The van der Waals surface area contributed by atoms with Crippen LogP contribution < -0.4 is 14.3 Å². The van der Waals surface area contributed by atoms with E-state index in [0.717, 1.165) is 27.0 Å². The molecule has 1 aliphatic heterocycles. The minimum Gasteiger partial charge on any atom is -0.486 e. The van der Waals surface area contributed by atoms with Gasteiger partial charge in [0.25, 0.3) is 5.69 Å². The van der Waals surface area contributed by atoms with Crippen LogP contribution in [-0.4, -0.2) is 28.5 Å². The average molecular weight is 551 g/mol. The predicted molar refractivity (Wildman–Crippen MR) is 139 cm³/mol. The summed E-state index contributed by atoms with van der Waals surface area (Å²) in [5, 5.41) is 18.4. The molecule has 0 bridgehead atoms. The number of aromatic nitrogens is 1. The molecular weight excluding hydrogens is 532 g/mol. The number of halogens is 1. The van der Waals surface area contributed by atoms with E-state index < -0.39 is 4.92 Å². The van der Waals surface area contributed by atoms with Crippen molar-refractivity contribution < 1.29 is 14.4 Å². The molecule has 1 aromatic heterocycles. The Morgan fingerprint density at radius 1 is 1.06 bits per heavy atom. The van der Waals surface area contributed by atoms with Crippen molar-refractivity contribution in [3.05, 3.63) is 97.1 Å². The van der Waals surface area contributed by atoms with E-state index in [4.69, 9.17) is 14.6 Å². The van der Waals surface area contributed by atoms with Gasteiger partial charge in [-0.05, 0) is 37.3 Å². The minimum absolute atomic E-state index is 0.0672. The lowest BCUT2D eigenvalue weighted by molar-refractivity contribution is -0.384. The number of nitrogens with zero attached hydrogens (tertiary/aromatic N) is 4. The van der Waals surface area contributed by atoms with E-state index in [0.29, 0.717) is 29.5 Å². The highest BCUT2D eigenvalue weighted by molar-refractivity contribution is 9.10. The van der Waals surface area contributed by atoms with Gasteiger partial charge in [0.05, 0.1) is 16.3 Å². The summed E-state index contributed by atoms with van der Waals surface area (Å²) in [6, 6.07) is 19.9. The zero-order valence-electron chi connectivity index (χ0n) is 18.6. The number of hydrogen-bond acceptors (Lipinski definition) is 7. The number of nitro benzene ring substituents is 1. The van der Waals surface area contributed by atoms with E-state index in [1.54, 1.807) is 22.9 Å². The number of benzene rings is 3. The lowest BCUT2D eigenvalue weighted by atomic mass is 10.1. The first-order chi connectivity index (χ1) is 17.0. The van der Waals surface area contributed by atoms with Crippen LogP contribution in [0, 0.1) is 10.1 Å². The highest BCUT2D eigenvalue weighted by atomic mass is 79.9. The van der Waals surface area contributed by atoms with E-state index >= 15 is 0 Å². The second kappa shape index (κ2) is 9.85. The maximum absolute atomic E-state index is 11.5. The average Bonchev–Trinajstić information content (AvgIpc) is 3.25. The van der Waals surface area contributed by atoms with Gasteiger partial charge in [-0.25, -0.2) is 9.67 Å². The smallest absolute Gasteiger partial charge is 0.294 e. The van der Waals surface area contributed by atoms with Crippen LogP contribution in [0.3, 0.4) is 0 Å². The van der Waals surface area contributed by atoms with Gasteiger partial charge < -0.3 is 9.47 Å². The van der Waals surface area contributed by atoms with Crippen LogP contribution in [-0.2, 0) is 0 Å². The maximum atomic E-state index is 11.5. The molecule has 0 radical (unpaired) electrons. The van der Waals surface area contributed by atoms with Crippen LogP contribution in [0.4, 0.5) is 11.4 Å². The lowest BCUT2D eigenvalue weighted by Crippen LogP contribution is -2.16. The van der Waals surface area contributed by atoms with Crippen molar-refractivity contribution in [1.29, 1.82) is 0 Å². The van der Waals surface area contributed by atoms with Gasteiger partial charge in [0.2, 0.25) is 4.80 Å². The van der Waals surface area contributed by atoms with Crippen molar-refractivity contribution in [3.63, 3.8) is 0 Å². The summed E-state index contributed by atoms with van der Waals surface area (Å²) < 4.78 is 14.0. The fraction of sp³-hybridized carbons (Fsp3) is 0.120. The summed E-state index contributed by atoms with van der Waals surface area (Å²) >= 11 is 4.97. The van der Waals surface area contributed by atoms with E-state index in [2.05, 4.69) is 20.9 Å². The summed E-state index contributed by atoms with van der Waals surface area (Å²) in [6.45, 7) is 2.92. The first kappa shape index (κ1) is 23.0. The molecular formula is C25H19BrN4O4S. The molecule has 4 aromatic rings. The summed E-state index contributed by atoms with van der Waals surface area (Å²) in [7, 11) is 0. The molecule has 0 fully saturated rings. The Morgan fingerprint density at radius 2 is 1.80 bits per heavy atom. The third-order valence-corrected chi connectivity index (χ3v) is 6.85. The Balaban J connectivity index is 1.68. The molecule has 3 aromatic carbocycles. The van der Waals surface area contributed by atoms with Crippen molar-refractivity contribution in [3.8, 4) is 22.8 Å². The van der Waals surface area contributed by atoms with Crippen LogP contribution in [0.25, 0.3) is 11.3 Å². The zero-order chi connectivity index (χ0) is 24.4. The highest BCUT2D eigenvalue weighted by Crippen LogP contribution is 2.32. The number of hydrogen-bond donors (Lipinski definition) is 0. The SMILES string of the molecule is CC(=Nn1c(-c2ccccc2Br)csc1=Nc1ccccc1[N+](=O)[O-])c1ccc2c(c1)OCCO2. The quantitative estimate of drug-likeness (QED) is 0.169. The van der Waals surface area contributed by atoms with Gasteiger partial charge in [0, 0.05) is 27.0 Å². The van der Waals surface area contributed by atoms with Gasteiger partial charge in [-0.2, -0.15) is 5.10 Å². The fourth-order valence-corrected chi connectivity index (χ4v) is 4.94. The van der Waals surface area contributed by atoms with Gasteiger partial charge in [0.15, 0.2) is 11.5 Å². The minimum atomic E-state index is -0.435. The second-order valence-electron chi connectivity index (χ2n) is 7.60. The highest BCUT2D eigenvalue weighted by Gasteiger charge is 2.16. The number of rotatable bonds is 5. The van der Waals surface area contributed by atoms with E-state index in [1.165, 1.54) is 17.4 Å². The van der Waals surface area contributed by atoms with Crippen LogP contribution in [0.5, 0.6) is 11.5 Å².